The zero-order valence-corrected chi connectivity index (χ0v) is 21.4. The Kier molecular flexibility index (Phi) is 7.37. The Morgan fingerprint density at radius 1 is 1.06 bits per heavy atom. The van der Waals surface area contributed by atoms with Gasteiger partial charge in [0, 0.05) is 23.7 Å². The Bertz CT molecular complexity index is 1180. The van der Waals surface area contributed by atoms with E-state index in [0.29, 0.717) is 5.92 Å². The minimum absolute atomic E-state index is 0.0126. The van der Waals surface area contributed by atoms with E-state index >= 15 is 0 Å². The topological polar surface area (TPSA) is 72.2 Å². The Morgan fingerprint density at radius 3 is 2.27 bits per heavy atom. The SMILES string of the molecule is Cc1cnc(SC(C)(C)C(=O)CC(C(=O)O)C(C)C)n1-c1ccc(C(C)C)c2ccccc12. The largest absolute Gasteiger partial charge is 0.481 e. The third-order valence-electron chi connectivity index (χ3n) is 6.25. The first kappa shape index (κ1) is 25.0. The fourth-order valence-corrected chi connectivity index (χ4v) is 5.22. The van der Waals surface area contributed by atoms with E-state index in [-0.39, 0.29) is 18.1 Å². The van der Waals surface area contributed by atoms with Crippen molar-refractivity contribution in [1.29, 1.82) is 0 Å². The lowest BCUT2D eigenvalue weighted by Crippen LogP contribution is -2.33. The summed E-state index contributed by atoms with van der Waals surface area (Å²) in [5, 5.41) is 12.6. The molecule has 0 bridgehead atoms. The Labute approximate surface area is 200 Å². The van der Waals surface area contributed by atoms with Crippen LogP contribution in [0.1, 0.15) is 65.1 Å². The summed E-state index contributed by atoms with van der Waals surface area (Å²) in [6, 6.07) is 12.7. The lowest BCUT2D eigenvalue weighted by molar-refractivity contribution is -0.145. The highest BCUT2D eigenvalue weighted by Gasteiger charge is 2.35. The molecule has 0 aliphatic heterocycles. The molecule has 2 aromatic carbocycles. The van der Waals surface area contributed by atoms with Crippen molar-refractivity contribution in [2.24, 2.45) is 11.8 Å². The van der Waals surface area contributed by atoms with Gasteiger partial charge in [0.2, 0.25) is 0 Å². The number of aryl methyl sites for hydroxylation is 1. The van der Waals surface area contributed by atoms with E-state index in [1.807, 2.05) is 46.9 Å². The molecule has 3 aromatic rings. The second-order valence-corrected chi connectivity index (χ2v) is 11.4. The molecule has 33 heavy (non-hydrogen) atoms. The van der Waals surface area contributed by atoms with Gasteiger partial charge in [0.25, 0.3) is 0 Å². The molecule has 0 saturated heterocycles. The number of fused-ring (bicyclic) bond motifs is 1. The smallest absolute Gasteiger partial charge is 0.307 e. The van der Waals surface area contributed by atoms with Crippen LogP contribution in [-0.2, 0) is 9.59 Å². The van der Waals surface area contributed by atoms with Crippen molar-refractivity contribution in [2.45, 2.75) is 70.7 Å². The first-order valence-corrected chi connectivity index (χ1v) is 12.3. The average molecular weight is 467 g/mol. The average Bonchev–Trinajstić information content (AvgIpc) is 3.09. The highest BCUT2D eigenvalue weighted by molar-refractivity contribution is 8.01. The Hall–Kier alpha value is -2.60. The lowest BCUT2D eigenvalue weighted by atomic mass is 9.88. The molecule has 1 aromatic heterocycles. The molecule has 1 heterocycles. The summed E-state index contributed by atoms with van der Waals surface area (Å²) in [5.41, 5.74) is 3.31. The number of hydrogen-bond acceptors (Lipinski definition) is 4. The first-order valence-electron chi connectivity index (χ1n) is 11.5. The van der Waals surface area contributed by atoms with Crippen molar-refractivity contribution >= 4 is 34.3 Å². The molecule has 3 rings (SSSR count). The molecule has 1 N–H and O–H groups in total. The molecule has 0 saturated carbocycles. The number of carboxylic acids is 1. The van der Waals surface area contributed by atoms with Gasteiger partial charge in [0.15, 0.2) is 5.16 Å². The number of aromatic nitrogens is 2. The molecule has 1 atom stereocenters. The first-order chi connectivity index (χ1) is 15.4. The third-order valence-corrected chi connectivity index (χ3v) is 7.46. The summed E-state index contributed by atoms with van der Waals surface area (Å²) in [5.74, 6) is -1.40. The standard InChI is InChI=1S/C27H34N2O3S/c1-16(2)19-12-13-23(21-11-9-8-10-20(19)21)29-18(5)15-28-26(29)33-27(6,7)24(30)14-22(17(3)4)25(31)32/h8-13,15-17,22H,14H2,1-7H3,(H,31,32). The van der Waals surface area contributed by atoms with Crippen LogP contribution in [0.15, 0.2) is 47.8 Å². The Morgan fingerprint density at radius 2 is 1.70 bits per heavy atom. The van der Waals surface area contributed by atoms with E-state index in [9.17, 15) is 14.7 Å². The number of hydrogen-bond donors (Lipinski definition) is 1. The third kappa shape index (κ3) is 5.16. The Balaban J connectivity index is 2.01. The van der Waals surface area contributed by atoms with E-state index in [1.54, 1.807) is 0 Å². The van der Waals surface area contributed by atoms with Crippen molar-refractivity contribution < 1.29 is 14.7 Å². The maximum Gasteiger partial charge on any atom is 0.307 e. The van der Waals surface area contributed by atoms with Crippen molar-refractivity contribution in [3.05, 3.63) is 53.9 Å². The van der Waals surface area contributed by atoms with Gasteiger partial charge in [0.1, 0.15) is 5.78 Å². The number of carbonyl (C=O) groups is 2. The van der Waals surface area contributed by atoms with Crippen molar-refractivity contribution in [3.63, 3.8) is 0 Å². The molecule has 0 radical (unpaired) electrons. The molecule has 0 aliphatic carbocycles. The number of benzene rings is 2. The number of carbonyl (C=O) groups excluding carboxylic acids is 1. The fourth-order valence-electron chi connectivity index (χ4n) is 4.12. The van der Waals surface area contributed by atoms with Crippen molar-refractivity contribution in [2.75, 3.05) is 0 Å². The molecule has 6 heteroatoms. The number of Topliss-reactive ketones (excluding diaryl/α,β-unsaturated/α-hetero) is 1. The monoisotopic (exact) mass is 466 g/mol. The van der Waals surface area contributed by atoms with Crippen LogP contribution in [0.25, 0.3) is 16.5 Å². The van der Waals surface area contributed by atoms with Crippen molar-refractivity contribution in [1.82, 2.24) is 9.55 Å². The second kappa shape index (κ2) is 9.72. The van der Waals surface area contributed by atoms with Crippen molar-refractivity contribution in [3.8, 4) is 5.69 Å². The summed E-state index contributed by atoms with van der Waals surface area (Å²) in [7, 11) is 0. The number of carboxylic acid groups (broad SMARTS) is 1. The highest BCUT2D eigenvalue weighted by Crippen LogP contribution is 2.38. The van der Waals surface area contributed by atoms with E-state index in [4.69, 9.17) is 0 Å². The predicted octanol–water partition coefficient (Wildman–Crippen LogP) is 6.64. The number of imidazole rings is 1. The van der Waals surface area contributed by atoms with Gasteiger partial charge < -0.3 is 5.11 Å². The van der Waals surface area contributed by atoms with E-state index in [0.717, 1.165) is 21.9 Å². The number of thioether (sulfide) groups is 1. The molecule has 0 spiro atoms. The van der Waals surface area contributed by atoms with Crippen LogP contribution in [0.2, 0.25) is 0 Å². The van der Waals surface area contributed by atoms with Crippen LogP contribution in [0.5, 0.6) is 0 Å². The summed E-state index contributed by atoms with van der Waals surface area (Å²) in [6.45, 7) is 13.8. The molecule has 176 valence electrons. The van der Waals surface area contributed by atoms with Gasteiger partial charge in [-0.1, -0.05) is 69.8 Å². The summed E-state index contributed by atoms with van der Waals surface area (Å²) < 4.78 is 1.29. The second-order valence-electron chi connectivity index (χ2n) is 9.82. The number of ketones is 1. The van der Waals surface area contributed by atoms with E-state index in [2.05, 4.69) is 53.7 Å². The van der Waals surface area contributed by atoms with Gasteiger partial charge in [-0.25, -0.2) is 4.98 Å². The quantitative estimate of drug-likeness (QED) is 0.358. The van der Waals surface area contributed by atoms with Gasteiger partial charge in [-0.15, -0.1) is 0 Å². The van der Waals surface area contributed by atoms with E-state index in [1.165, 1.54) is 22.7 Å². The molecule has 0 aliphatic rings. The lowest BCUT2D eigenvalue weighted by Gasteiger charge is -2.26. The summed E-state index contributed by atoms with van der Waals surface area (Å²) in [6.07, 6.45) is 1.83. The molecule has 5 nitrogen and oxygen atoms in total. The fraction of sp³-hybridized carbons (Fsp3) is 0.444. The maximum absolute atomic E-state index is 13.2. The molecule has 0 fully saturated rings. The zero-order chi connectivity index (χ0) is 24.5. The highest BCUT2D eigenvalue weighted by atomic mass is 32.2. The molecular weight excluding hydrogens is 432 g/mol. The van der Waals surface area contributed by atoms with Crippen LogP contribution in [-0.4, -0.2) is 31.2 Å². The van der Waals surface area contributed by atoms with Crippen LogP contribution < -0.4 is 0 Å². The minimum Gasteiger partial charge on any atom is -0.481 e. The van der Waals surface area contributed by atoms with Crippen LogP contribution >= 0.6 is 11.8 Å². The van der Waals surface area contributed by atoms with Gasteiger partial charge in [-0.2, -0.15) is 0 Å². The zero-order valence-electron chi connectivity index (χ0n) is 20.5. The molecular formula is C27H34N2O3S. The van der Waals surface area contributed by atoms with Crippen LogP contribution in [0.4, 0.5) is 0 Å². The number of rotatable bonds is 9. The molecule has 1 unspecified atom stereocenters. The van der Waals surface area contributed by atoms with Gasteiger partial charge in [-0.3, -0.25) is 14.2 Å². The normalized spacial score (nSPS) is 13.1. The maximum atomic E-state index is 13.2. The summed E-state index contributed by atoms with van der Waals surface area (Å²) in [4.78, 5) is 29.4. The van der Waals surface area contributed by atoms with E-state index < -0.39 is 16.6 Å². The minimum atomic E-state index is -0.923. The van der Waals surface area contributed by atoms with Crippen LogP contribution in [0, 0.1) is 18.8 Å². The predicted molar refractivity (Wildman–Crippen MR) is 135 cm³/mol. The van der Waals surface area contributed by atoms with Crippen LogP contribution in [0.3, 0.4) is 0 Å². The number of aliphatic carboxylic acids is 1. The molecule has 0 amide bonds. The summed E-state index contributed by atoms with van der Waals surface area (Å²) >= 11 is 1.39. The number of nitrogens with zero attached hydrogens (tertiary/aromatic N) is 2. The van der Waals surface area contributed by atoms with Gasteiger partial charge in [-0.05, 0) is 49.6 Å². The van der Waals surface area contributed by atoms with Gasteiger partial charge in [0.05, 0.1) is 16.4 Å². The van der Waals surface area contributed by atoms with Gasteiger partial charge >= 0.3 is 5.97 Å².